The zero-order valence-corrected chi connectivity index (χ0v) is 24.9. The molecule has 6 aliphatic rings. The number of carbonyl (C=O) groups is 1. The van der Waals surface area contributed by atoms with Gasteiger partial charge >= 0.3 is 5.97 Å². The highest BCUT2D eigenvalue weighted by molar-refractivity contribution is 5.66. The SMILES string of the molecule is CC(=O)O[C@@H]([C@H]1C[C@@H](C)[C@H]2[C@H](O1)[C@H](O)[C@@]1(C)[C@@H]3CC[C@@H]4C(C)(C)[C@@H](O)CCC45C[C@@]35CC[C@]21C)C(C)(C)O. The second kappa shape index (κ2) is 7.98. The molecule has 6 nitrogen and oxygen atoms in total. The highest BCUT2D eigenvalue weighted by Gasteiger charge is 2.84. The van der Waals surface area contributed by atoms with Crippen LogP contribution in [0.3, 0.4) is 0 Å². The predicted molar refractivity (Wildman–Crippen MR) is 144 cm³/mol. The molecule has 0 radical (unpaired) electrons. The second-order valence-electron chi connectivity index (χ2n) is 16.3. The van der Waals surface area contributed by atoms with Gasteiger partial charge in [0.1, 0.15) is 0 Å². The summed E-state index contributed by atoms with van der Waals surface area (Å²) in [6.45, 7) is 16.4. The first-order valence-corrected chi connectivity index (χ1v) is 15.4. The van der Waals surface area contributed by atoms with Crippen LogP contribution in [0.2, 0.25) is 0 Å². The van der Waals surface area contributed by atoms with Crippen LogP contribution in [0.15, 0.2) is 0 Å². The molecular weight excluding hydrogens is 480 g/mol. The molecule has 216 valence electrons. The van der Waals surface area contributed by atoms with E-state index in [9.17, 15) is 20.1 Å². The number of esters is 1. The van der Waals surface area contributed by atoms with Crippen molar-refractivity contribution in [3.63, 3.8) is 0 Å². The van der Waals surface area contributed by atoms with Crippen LogP contribution in [0, 0.1) is 50.7 Å². The average Bonchev–Trinajstić information content (AvgIpc) is 3.44. The molecule has 1 unspecified atom stereocenters. The molecule has 0 aromatic rings. The molecular formula is C32H52O6. The van der Waals surface area contributed by atoms with Crippen molar-refractivity contribution in [2.45, 2.75) is 143 Å². The lowest BCUT2D eigenvalue weighted by Crippen LogP contribution is -2.59. The van der Waals surface area contributed by atoms with Gasteiger partial charge in [0.15, 0.2) is 6.10 Å². The first-order chi connectivity index (χ1) is 17.5. The maximum Gasteiger partial charge on any atom is 0.303 e. The largest absolute Gasteiger partial charge is 0.457 e. The van der Waals surface area contributed by atoms with Gasteiger partial charge in [-0.05, 0) is 111 Å². The van der Waals surface area contributed by atoms with Gasteiger partial charge in [-0.25, -0.2) is 0 Å². The average molecular weight is 533 g/mol. The van der Waals surface area contributed by atoms with Crippen LogP contribution in [0.5, 0.6) is 0 Å². The fourth-order valence-electron chi connectivity index (χ4n) is 12.4. The Labute approximate surface area is 229 Å². The number of rotatable bonds is 3. The molecule has 5 saturated carbocycles. The summed E-state index contributed by atoms with van der Waals surface area (Å²) in [5.41, 5.74) is -1.01. The highest BCUT2D eigenvalue weighted by atomic mass is 16.6. The number of carbonyl (C=O) groups excluding carboxylic acids is 1. The lowest BCUT2D eigenvalue weighted by molar-refractivity contribution is -0.216. The Balaban J connectivity index is 1.35. The van der Waals surface area contributed by atoms with E-state index in [0.29, 0.717) is 23.7 Å². The number of aliphatic hydroxyl groups is 3. The lowest BCUT2D eigenvalue weighted by Gasteiger charge is -2.63. The Hall–Kier alpha value is -0.690. The van der Waals surface area contributed by atoms with Gasteiger partial charge in [0.2, 0.25) is 0 Å². The van der Waals surface area contributed by atoms with Crippen LogP contribution >= 0.6 is 0 Å². The van der Waals surface area contributed by atoms with E-state index in [-0.39, 0.29) is 45.7 Å². The van der Waals surface area contributed by atoms with E-state index < -0.39 is 29.9 Å². The molecule has 0 amide bonds. The summed E-state index contributed by atoms with van der Waals surface area (Å²) in [4.78, 5) is 11.9. The number of aliphatic hydroxyl groups excluding tert-OH is 2. The van der Waals surface area contributed by atoms with E-state index in [1.54, 1.807) is 13.8 Å². The van der Waals surface area contributed by atoms with E-state index in [1.165, 1.54) is 19.8 Å². The quantitative estimate of drug-likeness (QED) is 0.449. The van der Waals surface area contributed by atoms with Crippen molar-refractivity contribution >= 4 is 5.97 Å². The first-order valence-electron chi connectivity index (χ1n) is 15.4. The number of hydrogen-bond acceptors (Lipinski definition) is 6. The van der Waals surface area contributed by atoms with Gasteiger partial charge in [0, 0.05) is 12.3 Å². The molecule has 3 N–H and O–H groups in total. The Bertz CT molecular complexity index is 1000. The standard InChI is InChI=1S/C32H52O6/c1-17-15-19(26(28(5,6)36)37-18(2)33)38-24-23(17)29(7)13-14-32-16-31(32)12-11-22(34)27(3,4)20(31)9-10-21(32)30(29,8)25(24)35/h17,19-26,34-36H,9-16H2,1-8H3/t17-,19-,20-,21+,22+,23+,24+,25+,26+,29-,30-,31?,32+/m1/s1. The van der Waals surface area contributed by atoms with Crippen molar-refractivity contribution in [3.8, 4) is 0 Å². The van der Waals surface area contributed by atoms with Crippen molar-refractivity contribution in [1.82, 2.24) is 0 Å². The Morgan fingerprint density at radius 2 is 1.63 bits per heavy atom. The molecule has 1 heterocycles. The van der Waals surface area contributed by atoms with Gasteiger partial charge in [-0.2, -0.15) is 0 Å². The third kappa shape index (κ3) is 3.13. The molecule has 6 heteroatoms. The number of hydrogen-bond donors (Lipinski definition) is 3. The highest BCUT2D eigenvalue weighted by Crippen LogP contribution is 2.89. The minimum atomic E-state index is -1.24. The zero-order chi connectivity index (χ0) is 27.8. The summed E-state index contributed by atoms with van der Waals surface area (Å²) in [5, 5.41) is 34.2. The van der Waals surface area contributed by atoms with Gasteiger partial charge in [0.05, 0.1) is 30.0 Å². The van der Waals surface area contributed by atoms with Crippen LogP contribution in [0.1, 0.15) is 107 Å². The van der Waals surface area contributed by atoms with Crippen molar-refractivity contribution in [2.24, 2.45) is 50.7 Å². The maximum absolute atomic E-state index is 12.3. The first kappa shape index (κ1) is 27.5. The molecule has 1 aliphatic heterocycles. The molecule has 0 aromatic carbocycles. The van der Waals surface area contributed by atoms with E-state index in [0.717, 1.165) is 32.1 Å². The number of fused-ring (bicyclic) bond motifs is 4. The minimum Gasteiger partial charge on any atom is -0.457 e. The molecule has 1 saturated heterocycles. The topological polar surface area (TPSA) is 96.2 Å². The maximum atomic E-state index is 12.3. The summed E-state index contributed by atoms with van der Waals surface area (Å²) in [7, 11) is 0. The van der Waals surface area contributed by atoms with Crippen LogP contribution in [-0.2, 0) is 14.3 Å². The molecule has 0 bridgehead atoms. The minimum absolute atomic E-state index is 0.0383. The fraction of sp³-hybridized carbons (Fsp3) is 0.969. The Kier molecular flexibility index (Phi) is 5.77. The fourth-order valence-corrected chi connectivity index (χ4v) is 12.4. The Morgan fingerprint density at radius 1 is 1.00 bits per heavy atom. The van der Waals surface area contributed by atoms with E-state index in [1.807, 2.05) is 0 Å². The summed E-state index contributed by atoms with van der Waals surface area (Å²) in [6, 6.07) is 0. The van der Waals surface area contributed by atoms with Gasteiger partial charge in [0.25, 0.3) is 0 Å². The molecule has 13 atom stereocenters. The molecule has 0 aromatic heterocycles. The summed E-state index contributed by atoms with van der Waals surface area (Å²) >= 11 is 0. The van der Waals surface area contributed by atoms with Crippen molar-refractivity contribution in [3.05, 3.63) is 0 Å². The second-order valence-corrected chi connectivity index (χ2v) is 16.3. The van der Waals surface area contributed by atoms with Crippen LogP contribution < -0.4 is 0 Å². The molecule has 6 rings (SSSR count). The molecule has 38 heavy (non-hydrogen) atoms. The third-order valence-corrected chi connectivity index (χ3v) is 14.1. The van der Waals surface area contributed by atoms with E-state index >= 15 is 0 Å². The predicted octanol–water partition coefficient (Wildman–Crippen LogP) is 4.86. The van der Waals surface area contributed by atoms with E-state index in [2.05, 4.69) is 34.6 Å². The molecule has 6 fully saturated rings. The third-order valence-electron chi connectivity index (χ3n) is 14.1. The van der Waals surface area contributed by atoms with Crippen LogP contribution in [-0.4, -0.2) is 57.4 Å². The van der Waals surface area contributed by atoms with Gasteiger partial charge in [-0.15, -0.1) is 0 Å². The van der Waals surface area contributed by atoms with Crippen molar-refractivity contribution in [1.29, 1.82) is 0 Å². The smallest absolute Gasteiger partial charge is 0.303 e. The lowest BCUT2D eigenvalue weighted by atomic mass is 9.41. The molecule has 2 spiro atoms. The Morgan fingerprint density at radius 3 is 2.26 bits per heavy atom. The van der Waals surface area contributed by atoms with Gasteiger partial charge < -0.3 is 24.8 Å². The monoisotopic (exact) mass is 532 g/mol. The summed E-state index contributed by atoms with van der Waals surface area (Å²) < 4.78 is 12.4. The van der Waals surface area contributed by atoms with Crippen molar-refractivity contribution < 1.29 is 29.6 Å². The normalized spacial score (nSPS) is 55.4. The van der Waals surface area contributed by atoms with E-state index in [4.69, 9.17) is 9.47 Å². The van der Waals surface area contributed by atoms with Gasteiger partial charge in [-0.3, -0.25) is 4.79 Å². The van der Waals surface area contributed by atoms with Gasteiger partial charge in [-0.1, -0.05) is 34.6 Å². The zero-order valence-electron chi connectivity index (χ0n) is 24.9. The summed E-state index contributed by atoms with van der Waals surface area (Å²) in [6.07, 6.45) is 6.19. The van der Waals surface area contributed by atoms with Crippen LogP contribution in [0.4, 0.5) is 0 Å². The van der Waals surface area contributed by atoms with Crippen molar-refractivity contribution in [2.75, 3.05) is 0 Å². The van der Waals surface area contributed by atoms with Crippen LogP contribution in [0.25, 0.3) is 0 Å². The molecule has 5 aliphatic carbocycles. The number of ether oxygens (including phenoxy) is 2. The summed E-state index contributed by atoms with van der Waals surface area (Å²) in [5.74, 6) is 1.09.